The lowest BCUT2D eigenvalue weighted by atomic mass is 9.93. The molecule has 0 aromatic heterocycles. The second kappa shape index (κ2) is 7.79. The lowest BCUT2D eigenvalue weighted by Gasteiger charge is -2.15. The molecule has 1 aromatic carbocycles. The Balaban J connectivity index is 2.75. The van der Waals surface area contributed by atoms with E-state index < -0.39 is 0 Å². The topological polar surface area (TPSA) is 23.8 Å². The number of nitriles is 1. The molecule has 0 spiro atoms. The Morgan fingerprint density at radius 2 is 2.18 bits per heavy atom. The third-order valence-electron chi connectivity index (χ3n) is 3.06. The highest BCUT2D eigenvalue weighted by atomic mass is 79.9. The normalized spacial score (nSPS) is 12.1. The minimum atomic E-state index is 0.568. The first kappa shape index (κ1) is 14.6. The van der Waals surface area contributed by atoms with E-state index in [4.69, 9.17) is 5.26 Å². The molecule has 1 aromatic rings. The van der Waals surface area contributed by atoms with Gasteiger partial charge in [0.15, 0.2) is 0 Å². The van der Waals surface area contributed by atoms with Crippen LogP contribution in [0.1, 0.15) is 43.7 Å². The number of thioether (sulfide) groups is 1. The van der Waals surface area contributed by atoms with Gasteiger partial charge in [0.05, 0.1) is 0 Å². The summed E-state index contributed by atoms with van der Waals surface area (Å²) in [6, 6.07) is 6.68. The van der Waals surface area contributed by atoms with Crippen molar-refractivity contribution in [2.75, 3.05) is 5.75 Å². The Kier molecular flexibility index (Phi) is 6.69. The van der Waals surface area contributed by atoms with Gasteiger partial charge in [-0.25, -0.2) is 0 Å². The molecule has 1 rings (SSSR count). The number of rotatable bonds is 6. The van der Waals surface area contributed by atoms with Crippen LogP contribution in [0.4, 0.5) is 0 Å². The average Bonchev–Trinajstić information content (AvgIpc) is 2.35. The van der Waals surface area contributed by atoms with Gasteiger partial charge < -0.3 is 0 Å². The molecule has 0 N–H and O–H groups in total. The van der Waals surface area contributed by atoms with E-state index in [0.29, 0.717) is 5.92 Å². The fraction of sp³-hybridized carbons (Fsp3) is 0.500. The summed E-state index contributed by atoms with van der Waals surface area (Å²) < 4.78 is 1.21. The number of thiocyanates is 1. The van der Waals surface area contributed by atoms with Gasteiger partial charge in [0.2, 0.25) is 0 Å². The van der Waals surface area contributed by atoms with Crippen molar-refractivity contribution in [3.63, 3.8) is 0 Å². The SMILES string of the molecule is CCc1ccc(C(CC)CCSC#N)cc1Br. The Bertz CT molecular complexity index is 398. The number of halogens is 1. The number of hydrogen-bond donors (Lipinski definition) is 0. The standard InChI is InChI=1S/C14H18BrNS/c1-3-11(7-8-17-10-16)13-6-5-12(4-2)14(15)9-13/h5-6,9,11H,3-4,7-8H2,1-2H3. The molecule has 1 atom stereocenters. The smallest absolute Gasteiger partial charge is 0.133 e. The molecule has 0 heterocycles. The summed E-state index contributed by atoms with van der Waals surface area (Å²) in [5.74, 6) is 1.49. The summed E-state index contributed by atoms with van der Waals surface area (Å²) in [6.07, 6.45) is 3.26. The molecule has 0 bridgehead atoms. The van der Waals surface area contributed by atoms with Crippen LogP contribution in [0.2, 0.25) is 0 Å². The summed E-state index contributed by atoms with van der Waals surface area (Å²) in [7, 11) is 0. The Labute approximate surface area is 117 Å². The van der Waals surface area contributed by atoms with Crippen molar-refractivity contribution in [2.24, 2.45) is 0 Å². The van der Waals surface area contributed by atoms with Crippen molar-refractivity contribution in [1.29, 1.82) is 5.26 Å². The molecule has 92 valence electrons. The van der Waals surface area contributed by atoms with Gasteiger partial charge in [-0.1, -0.05) is 41.9 Å². The number of hydrogen-bond acceptors (Lipinski definition) is 2. The van der Waals surface area contributed by atoms with Crippen LogP contribution >= 0.6 is 27.7 Å². The Morgan fingerprint density at radius 1 is 1.41 bits per heavy atom. The maximum Gasteiger partial charge on any atom is 0.133 e. The second-order valence-corrected chi connectivity index (χ2v) is 5.77. The molecule has 0 amide bonds. The van der Waals surface area contributed by atoms with E-state index in [0.717, 1.165) is 25.0 Å². The van der Waals surface area contributed by atoms with Crippen LogP contribution in [-0.4, -0.2) is 5.75 Å². The molecule has 1 nitrogen and oxygen atoms in total. The van der Waals surface area contributed by atoms with Crippen molar-refractivity contribution in [1.82, 2.24) is 0 Å². The minimum absolute atomic E-state index is 0.568. The van der Waals surface area contributed by atoms with E-state index in [2.05, 4.69) is 53.4 Å². The Morgan fingerprint density at radius 3 is 2.71 bits per heavy atom. The van der Waals surface area contributed by atoms with Crippen molar-refractivity contribution in [3.8, 4) is 5.40 Å². The molecule has 0 aliphatic carbocycles. The van der Waals surface area contributed by atoms with E-state index in [9.17, 15) is 0 Å². The molecule has 0 aliphatic rings. The van der Waals surface area contributed by atoms with Gasteiger partial charge in [0.25, 0.3) is 0 Å². The predicted molar refractivity (Wildman–Crippen MR) is 79.2 cm³/mol. The van der Waals surface area contributed by atoms with E-state index in [1.165, 1.54) is 27.4 Å². The van der Waals surface area contributed by atoms with Gasteiger partial charge in [-0.3, -0.25) is 0 Å². The third-order valence-corrected chi connectivity index (χ3v) is 4.36. The zero-order chi connectivity index (χ0) is 12.7. The molecule has 0 saturated carbocycles. The highest BCUT2D eigenvalue weighted by Crippen LogP contribution is 2.29. The number of aryl methyl sites for hydroxylation is 1. The van der Waals surface area contributed by atoms with Crippen molar-refractivity contribution in [3.05, 3.63) is 33.8 Å². The lowest BCUT2D eigenvalue weighted by molar-refractivity contribution is 0.647. The van der Waals surface area contributed by atoms with E-state index in [-0.39, 0.29) is 0 Å². The predicted octanol–water partition coefficient (Wildman–Crippen LogP) is 5.11. The first-order chi connectivity index (χ1) is 8.22. The van der Waals surface area contributed by atoms with Crippen molar-refractivity contribution >= 4 is 27.7 Å². The maximum absolute atomic E-state index is 8.54. The lowest BCUT2D eigenvalue weighted by Crippen LogP contribution is -1.99. The van der Waals surface area contributed by atoms with Crippen LogP contribution in [0.25, 0.3) is 0 Å². The van der Waals surface area contributed by atoms with Crippen LogP contribution in [-0.2, 0) is 6.42 Å². The first-order valence-corrected chi connectivity index (χ1v) is 7.79. The molecule has 17 heavy (non-hydrogen) atoms. The molecular weight excluding hydrogens is 294 g/mol. The van der Waals surface area contributed by atoms with Gasteiger partial charge in [0.1, 0.15) is 5.40 Å². The minimum Gasteiger partial charge on any atom is -0.185 e. The summed E-state index contributed by atoms with van der Waals surface area (Å²) in [6.45, 7) is 4.38. The van der Waals surface area contributed by atoms with Crippen LogP contribution in [0, 0.1) is 10.7 Å². The molecule has 0 saturated heterocycles. The van der Waals surface area contributed by atoms with Gasteiger partial charge in [-0.15, -0.1) is 0 Å². The number of benzene rings is 1. The molecular formula is C14H18BrNS. The van der Waals surface area contributed by atoms with Gasteiger partial charge in [-0.05, 0) is 54.1 Å². The third kappa shape index (κ3) is 4.37. The van der Waals surface area contributed by atoms with Crippen molar-refractivity contribution in [2.45, 2.75) is 39.0 Å². The van der Waals surface area contributed by atoms with E-state index in [1.54, 1.807) is 0 Å². The monoisotopic (exact) mass is 311 g/mol. The summed E-state index contributed by atoms with van der Waals surface area (Å²) >= 11 is 4.98. The quantitative estimate of drug-likeness (QED) is 0.538. The molecule has 0 aliphatic heterocycles. The van der Waals surface area contributed by atoms with Crippen LogP contribution in [0.3, 0.4) is 0 Å². The van der Waals surface area contributed by atoms with Crippen LogP contribution in [0.15, 0.2) is 22.7 Å². The fourth-order valence-corrected chi connectivity index (χ4v) is 3.13. The Hall–Kier alpha value is -0.460. The van der Waals surface area contributed by atoms with Crippen LogP contribution in [0.5, 0.6) is 0 Å². The van der Waals surface area contributed by atoms with E-state index in [1.807, 2.05) is 0 Å². The van der Waals surface area contributed by atoms with Gasteiger partial charge in [-0.2, -0.15) is 5.26 Å². The fourth-order valence-electron chi connectivity index (χ4n) is 1.96. The van der Waals surface area contributed by atoms with Gasteiger partial charge in [0, 0.05) is 10.2 Å². The first-order valence-electron chi connectivity index (χ1n) is 6.02. The highest BCUT2D eigenvalue weighted by Gasteiger charge is 2.10. The molecule has 3 heteroatoms. The summed E-state index contributed by atoms with van der Waals surface area (Å²) in [5, 5.41) is 10.7. The van der Waals surface area contributed by atoms with Crippen LogP contribution < -0.4 is 0 Å². The highest BCUT2D eigenvalue weighted by molar-refractivity contribution is 9.10. The van der Waals surface area contributed by atoms with Gasteiger partial charge >= 0.3 is 0 Å². The largest absolute Gasteiger partial charge is 0.185 e. The number of nitrogens with zero attached hydrogens (tertiary/aromatic N) is 1. The molecule has 0 radical (unpaired) electrons. The zero-order valence-corrected chi connectivity index (χ0v) is 12.8. The molecule has 1 unspecified atom stereocenters. The van der Waals surface area contributed by atoms with Crippen molar-refractivity contribution < 1.29 is 0 Å². The summed E-state index contributed by atoms with van der Waals surface area (Å²) in [5.41, 5.74) is 2.74. The molecule has 0 fully saturated rings. The zero-order valence-electron chi connectivity index (χ0n) is 10.4. The summed E-state index contributed by atoms with van der Waals surface area (Å²) in [4.78, 5) is 0. The van der Waals surface area contributed by atoms with E-state index >= 15 is 0 Å². The maximum atomic E-state index is 8.54. The second-order valence-electron chi connectivity index (χ2n) is 4.04. The average molecular weight is 312 g/mol.